The molecule has 4 rings (SSSR count). The minimum absolute atomic E-state index is 1.16. The van der Waals surface area contributed by atoms with Crippen molar-refractivity contribution in [1.82, 2.24) is 0 Å². The zero-order chi connectivity index (χ0) is 14.9. The monoisotopic (exact) mass is 284 g/mol. The summed E-state index contributed by atoms with van der Waals surface area (Å²) in [4.78, 5) is 0. The van der Waals surface area contributed by atoms with E-state index in [2.05, 4.69) is 73.7 Å². The van der Waals surface area contributed by atoms with Gasteiger partial charge in [-0.25, -0.2) is 0 Å². The molecule has 0 heterocycles. The molecule has 0 aliphatic rings. The summed E-state index contributed by atoms with van der Waals surface area (Å²) in [6.45, 7) is 2.25. The molecule has 108 valence electrons. The van der Waals surface area contributed by atoms with Gasteiger partial charge in [0.25, 0.3) is 0 Å². The quantitative estimate of drug-likeness (QED) is 0.403. The molecule has 0 saturated heterocycles. The first kappa shape index (κ1) is 13.3. The van der Waals surface area contributed by atoms with Crippen LogP contribution in [0.25, 0.3) is 32.3 Å². The van der Waals surface area contributed by atoms with Gasteiger partial charge in [0.2, 0.25) is 0 Å². The van der Waals surface area contributed by atoms with Gasteiger partial charge in [-0.2, -0.15) is 0 Å². The van der Waals surface area contributed by atoms with E-state index in [9.17, 15) is 0 Å². The van der Waals surface area contributed by atoms with Gasteiger partial charge in [0, 0.05) is 0 Å². The average molecular weight is 284 g/mol. The molecule has 0 unspecified atom stereocenters. The summed E-state index contributed by atoms with van der Waals surface area (Å²) >= 11 is 0. The maximum atomic E-state index is 2.40. The Morgan fingerprint density at radius 3 is 2.41 bits per heavy atom. The normalized spacial score (nSPS) is 11.5. The van der Waals surface area contributed by atoms with Gasteiger partial charge in [0.15, 0.2) is 0 Å². The topological polar surface area (TPSA) is 0 Å². The van der Waals surface area contributed by atoms with Crippen LogP contribution in [-0.2, 0) is 6.42 Å². The number of rotatable bonds is 3. The second-order valence-corrected chi connectivity index (χ2v) is 6.11. The molecule has 0 nitrogen and oxygen atoms in total. The molecule has 0 aromatic heterocycles. The van der Waals surface area contributed by atoms with Crippen molar-refractivity contribution in [3.8, 4) is 0 Å². The number of unbranched alkanes of at least 4 members (excludes halogenated alkanes) is 1. The van der Waals surface area contributed by atoms with Gasteiger partial charge in [-0.15, -0.1) is 0 Å². The highest BCUT2D eigenvalue weighted by molar-refractivity contribution is 6.20. The Bertz CT molecular complexity index is 963. The van der Waals surface area contributed by atoms with Gasteiger partial charge in [0.05, 0.1) is 0 Å². The molecule has 0 bridgehead atoms. The molecular formula is C22H20. The predicted molar refractivity (Wildman–Crippen MR) is 97.6 cm³/mol. The zero-order valence-electron chi connectivity index (χ0n) is 13.0. The summed E-state index contributed by atoms with van der Waals surface area (Å²) in [5, 5.41) is 8.16. The lowest BCUT2D eigenvalue weighted by molar-refractivity contribution is 0.796. The van der Waals surface area contributed by atoms with Crippen molar-refractivity contribution >= 4 is 32.3 Å². The Hall–Kier alpha value is -2.34. The van der Waals surface area contributed by atoms with Crippen molar-refractivity contribution < 1.29 is 0 Å². The highest BCUT2D eigenvalue weighted by Gasteiger charge is 2.06. The molecule has 0 fully saturated rings. The Morgan fingerprint density at radius 1 is 0.636 bits per heavy atom. The molecule has 0 aliphatic carbocycles. The van der Waals surface area contributed by atoms with Crippen LogP contribution in [0.2, 0.25) is 0 Å². The van der Waals surface area contributed by atoms with Gasteiger partial charge in [-0.1, -0.05) is 74.0 Å². The molecule has 0 saturated carbocycles. The summed E-state index contributed by atoms with van der Waals surface area (Å²) in [6, 6.07) is 24.7. The molecule has 0 atom stereocenters. The lowest BCUT2D eigenvalue weighted by Gasteiger charge is -1.99. The van der Waals surface area contributed by atoms with Crippen LogP contribution in [-0.4, -0.2) is 0 Å². The smallest absolute Gasteiger partial charge is 0.00929 e. The number of fused-ring (bicyclic) bond motifs is 5. The molecule has 0 aliphatic heterocycles. The zero-order valence-corrected chi connectivity index (χ0v) is 13.0. The van der Waals surface area contributed by atoms with Crippen LogP contribution in [0.3, 0.4) is 0 Å². The van der Waals surface area contributed by atoms with Crippen LogP contribution >= 0.6 is 0 Å². The van der Waals surface area contributed by atoms with Crippen molar-refractivity contribution in [3.63, 3.8) is 0 Å². The standard InChI is InChI=1S/C22H20/c1-2-3-7-16-8-6-10-17-12-13-20-19-11-5-4-9-18(19)15-22(20)21(17)14-16/h4-6,8-15H,2-3,7H2,1H3. The SMILES string of the molecule is CCCCc1cccc2ccc3c4ccccc4cc3c2c1. The number of aryl methyl sites for hydroxylation is 1. The summed E-state index contributed by atoms with van der Waals surface area (Å²) in [7, 11) is 0. The Morgan fingerprint density at radius 2 is 1.50 bits per heavy atom. The van der Waals surface area contributed by atoms with E-state index < -0.39 is 0 Å². The molecule has 22 heavy (non-hydrogen) atoms. The summed E-state index contributed by atoms with van der Waals surface area (Å²) < 4.78 is 0. The fraction of sp³-hybridized carbons (Fsp3) is 0.182. The van der Waals surface area contributed by atoms with Crippen molar-refractivity contribution in [3.05, 3.63) is 72.3 Å². The highest BCUT2D eigenvalue weighted by Crippen LogP contribution is 2.33. The molecular weight excluding hydrogens is 264 g/mol. The van der Waals surface area contributed by atoms with Crippen molar-refractivity contribution in [1.29, 1.82) is 0 Å². The van der Waals surface area contributed by atoms with Crippen LogP contribution in [0.5, 0.6) is 0 Å². The first-order valence-electron chi connectivity index (χ1n) is 8.20. The minimum atomic E-state index is 1.16. The third kappa shape index (κ3) is 2.16. The summed E-state index contributed by atoms with van der Waals surface area (Å²) in [5.74, 6) is 0. The van der Waals surface area contributed by atoms with Gasteiger partial charge in [-0.05, 0) is 56.8 Å². The largest absolute Gasteiger partial charge is 0.0654 e. The Labute approximate surface area is 131 Å². The fourth-order valence-corrected chi connectivity index (χ4v) is 3.42. The van der Waals surface area contributed by atoms with E-state index in [1.807, 2.05) is 0 Å². The van der Waals surface area contributed by atoms with E-state index in [4.69, 9.17) is 0 Å². The average Bonchev–Trinajstić information content (AvgIpc) is 2.79. The molecule has 0 amide bonds. The third-order valence-electron chi connectivity index (χ3n) is 4.61. The molecule has 0 N–H and O–H groups in total. The first-order chi connectivity index (χ1) is 10.9. The second-order valence-electron chi connectivity index (χ2n) is 6.11. The van der Waals surface area contributed by atoms with Crippen molar-refractivity contribution in [2.24, 2.45) is 0 Å². The first-order valence-corrected chi connectivity index (χ1v) is 8.20. The number of hydrogen-bond donors (Lipinski definition) is 0. The van der Waals surface area contributed by atoms with Crippen LogP contribution < -0.4 is 0 Å². The summed E-state index contributed by atoms with van der Waals surface area (Å²) in [5.41, 5.74) is 1.44. The van der Waals surface area contributed by atoms with Gasteiger partial charge in [-0.3, -0.25) is 0 Å². The molecule has 0 radical (unpaired) electrons. The Kier molecular flexibility index (Phi) is 3.31. The highest BCUT2D eigenvalue weighted by atomic mass is 14.1. The third-order valence-corrected chi connectivity index (χ3v) is 4.61. The lowest BCUT2D eigenvalue weighted by Crippen LogP contribution is -1.81. The maximum absolute atomic E-state index is 2.40. The van der Waals surface area contributed by atoms with Crippen LogP contribution in [0.15, 0.2) is 66.7 Å². The maximum Gasteiger partial charge on any atom is -0.00929 e. The van der Waals surface area contributed by atoms with E-state index in [-0.39, 0.29) is 0 Å². The second kappa shape index (κ2) is 5.46. The Balaban J connectivity index is 2.06. The molecule has 4 aromatic rings. The van der Waals surface area contributed by atoms with Crippen LogP contribution in [0.1, 0.15) is 25.3 Å². The minimum Gasteiger partial charge on any atom is -0.0654 e. The lowest BCUT2D eigenvalue weighted by atomic mass is 10.0. The van der Waals surface area contributed by atoms with Gasteiger partial charge in [0.1, 0.15) is 0 Å². The number of hydrogen-bond acceptors (Lipinski definition) is 0. The van der Waals surface area contributed by atoms with Crippen molar-refractivity contribution in [2.45, 2.75) is 26.2 Å². The van der Waals surface area contributed by atoms with Crippen LogP contribution in [0.4, 0.5) is 0 Å². The van der Waals surface area contributed by atoms with Crippen LogP contribution in [0, 0.1) is 0 Å². The van der Waals surface area contributed by atoms with E-state index in [1.165, 1.54) is 50.7 Å². The predicted octanol–water partition coefficient (Wildman–Crippen LogP) is 6.49. The molecule has 4 aromatic carbocycles. The van der Waals surface area contributed by atoms with Crippen molar-refractivity contribution in [2.75, 3.05) is 0 Å². The van der Waals surface area contributed by atoms with Gasteiger partial charge >= 0.3 is 0 Å². The van der Waals surface area contributed by atoms with E-state index in [0.29, 0.717) is 0 Å². The van der Waals surface area contributed by atoms with E-state index in [1.54, 1.807) is 0 Å². The summed E-state index contributed by atoms with van der Waals surface area (Å²) in [6.07, 6.45) is 3.66. The van der Waals surface area contributed by atoms with E-state index in [0.717, 1.165) is 6.42 Å². The van der Waals surface area contributed by atoms with Gasteiger partial charge < -0.3 is 0 Å². The molecule has 0 heteroatoms. The number of benzene rings is 2. The van der Waals surface area contributed by atoms with E-state index >= 15 is 0 Å². The molecule has 0 spiro atoms. The fourth-order valence-electron chi connectivity index (χ4n) is 3.42.